The third kappa shape index (κ3) is 5.68. The van der Waals surface area contributed by atoms with Crippen molar-refractivity contribution in [3.8, 4) is 16.5 Å². The molecule has 0 aliphatic carbocycles. The minimum absolute atomic E-state index is 0.326. The Morgan fingerprint density at radius 1 is 1.21 bits per heavy atom. The molecule has 0 spiro atoms. The van der Waals surface area contributed by atoms with Crippen LogP contribution in [0.5, 0.6) is 5.75 Å². The lowest BCUT2D eigenvalue weighted by Crippen LogP contribution is -2.26. The van der Waals surface area contributed by atoms with E-state index in [-0.39, 0.29) is 0 Å². The van der Waals surface area contributed by atoms with E-state index >= 15 is 0 Å². The standard InChI is InChI=1S/C22H25NO5S/c1-4-26-19(22(24)25)13-16-6-8-17(9-7-16)27-12-11-18-15(3)28-21(23-18)20-10-5-14(2)29-20/h5-10,19H,4,11-13H2,1-3H3,(H,24,25)/t19-/m0/s1. The van der Waals surface area contributed by atoms with Crippen molar-refractivity contribution in [2.45, 2.75) is 39.7 Å². The molecule has 6 nitrogen and oxygen atoms in total. The Bertz CT molecular complexity index is 945. The summed E-state index contributed by atoms with van der Waals surface area (Å²) < 4.78 is 16.9. The number of aryl methyl sites for hydroxylation is 2. The summed E-state index contributed by atoms with van der Waals surface area (Å²) in [5, 5.41) is 9.18. The van der Waals surface area contributed by atoms with Crippen molar-refractivity contribution in [2.24, 2.45) is 0 Å². The molecule has 3 aromatic rings. The molecule has 0 radical (unpaired) electrons. The zero-order valence-corrected chi connectivity index (χ0v) is 17.6. The minimum Gasteiger partial charge on any atom is -0.493 e. The number of nitrogens with zero attached hydrogens (tertiary/aromatic N) is 1. The van der Waals surface area contributed by atoms with E-state index in [4.69, 9.17) is 13.9 Å². The third-order valence-corrected chi connectivity index (χ3v) is 5.43. The fraction of sp³-hybridized carbons (Fsp3) is 0.364. The number of aliphatic carboxylic acids is 1. The summed E-state index contributed by atoms with van der Waals surface area (Å²) in [6, 6.07) is 11.5. The molecule has 0 aliphatic rings. The first kappa shape index (κ1) is 21.1. The monoisotopic (exact) mass is 415 g/mol. The van der Waals surface area contributed by atoms with Crippen LogP contribution in [0.2, 0.25) is 0 Å². The predicted molar refractivity (Wildman–Crippen MR) is 112 cm³/mol. The number of carboxylic acids is 1. The molecule has 154 valence electrons. The lowest BCUT2D eigenvalue weighted by molar-refractivity contribution is -0.149. The van der Waals surface area contributed by atoms with Crippen molar-refractivity contribution in [1.29, 1.82) is 0 Å². The summed E-state index contributed by atoms with van der Waals surface area (Å²) >= 11 is 1.66. The van der Waals surface area contributed by atoms with Gasteiger partial charge in [-0.05, 0) is 50.6 Å². The van der Waals surface area contributed by atoms with Gasteiger partial charge < -0.3 is 19.0 Å². The number of hydrogen-bond donors (Lipinski definition) is 1. The number of carboxylic acid groups (broad SMARTS) is 1. The Morgan fingerprint density at radius 2 is 1.97 bits per heavy atom. The highest BCUT2D eigenvalue weighted by Crippen LogP contribution is 2.28. The molecule has 2 heterocycles. The molecule has 1 N–H and O–H groups in total. The number of rotatable bonds is 10. The number of aromatic nitrogens is 1. The van der Waals surface area contributed by atoms with Crippen molar-refractivity contribution < 1.29 is 23.8 Å². The van der Waals surface area contributed by atoms with Crippen LogP contribution in [0.3, 0.4) is 0 Å². The Morgan fingerprint density at radius 3 is 2.59 bits per heavy atom. The van der Waals surface area contributed by atoms with Gasteiger partial charge in [-0.1, -0.05) is 12.1 Å². The van der Waals surface area contributed by atoms with Crippen molar-refractivity contribution in [1.82, 2.24) is 4.98 Å². The molecule has 0 fully saturated rings. The molecule has 1 aromatic carbocycles. The largest absolute Gasteiger partial charge is 0.493 e. The van der Waals surface area contributed by atoms with Gasteiger partial charge in [0.05, 0.1) is 17.2 Å². The molecule has 7 heteroatoms. The predicted octanol–water partition coefficient (Wildman–Crippen LogP) is 4.67. The fourth-order valence-corrected chi connectivity index (χ4v) is 3.73. The number of oxazole rings is 1. The van der Waals surface area contributed by atoms with E-state index < -0.39 is 12.1 Å². The summed E-state index contributed by atoms with van der Waals surface area (Å²) in [5.41, 5.74) is 1.78. The van der Waals surface area contributed by atoms with Gasteiger partial charge in [0.2, 0.25) is 5.89 Å². The Kier molecular flexibility index (Phi) is 7.06. The molecular formula is C22H25NO5S. The van der Waals surface area contributed by atoms with Crippen molar-refractivity contribution in [3.63, 3.8) is 0 Å². The van der Waals surface area contributed by atoms with E-state index in [0.29, 0.717) is 31.9 Å². The molecule has 0 amide bonds. The molecule has 3 rings (SSSR count). The number of ether oxygens (including phenoxy) is 2. The van der Waals surface area contributed by atoms with Gasteiger partial charge in [-0.15, -0.1) is 11.3 Å². The van der Waals surface area contributed by atoms with Crippen LogP contribution in [0.4, 0.5) is 0 Å². The average molecular weight is 416 g/mol. The van der Waals surface area contributed by atoms with Crippen molar-refractivity contribution in [3.05, 3.63) is 58.3 Å². The zero-order valence-electron chi connectivity index (χ0n) is 16.8. The molecule has 0 saturated carbocycles. The maximum atomic E-state index is 11.2. The average Bonchev–Trinajstić information content (AvgIpc) is 3.28. The molecule has 0 aliphatic heterocycles. The van der Waals surface area contributed by atoms with Gasteiger partial charge in [0.15, 0.2) is 6.10 Å². The number of hydrogen-bond acceptors (Lipinski definition) is 6. The van der Waals surface area contributed by atoms with E-state index in [0.717, 1.165) is 27.6 Å². The first-order valence-electron chi connectivity index (χ1n) is 9.55. The van der Waals surface area contributed by atoms with Crippen molar-refractivity contribution >= 4 is 17.3 Å². The fourth-order valence-electron chi connectivity index (χ4n) is 2.93. The van der Waals surface area contributed by atoms with E-state index in [9.17, 15) is 9.90 Å². The number of thiophene rings is 1. The SMILES string of the molecule is CCO[C@@H](Cc1ccc(OCCc2nc(-c3ccc(C)s3)oc2C)cc1)C(=O)O. The van der Waals surface area contributed by atoms with Crippen LogP contribution < -0.4 is 4.74 Å². The lowest BCUT2D eigenvalue weighted by Gasteiger charge is -2.12. The smallest absolute Gasteiger partial charge is 0.333 e. The first-order chi connectivity index (χ1) is 14.0. The van der Waals surface area contributed by atoms with E-state index in [1.165, 1.54) is 4.88 Å². The van der Waals surface area contributed by atoms with E-state index in [2.05, 4.69) is 18.0 Å². The topological polar surface area (TPSA) is 81.8 Å². The number of benzene rings is 1. The van der Waals surface area contributed by atoms with Crippen LogP contribution in [0.1, 0.15) is 28.8 Å². The summed E-state index contributed by atoms with van der Waals surface area (Å²) in [5.74, 6) is 1.24. The maximum absolute atomic E-state index is 11.2. The van der Waals surface area contributed by atoms with Gasteiger partial charge in [0.1, 0.15) is 11.5 Å². The van der Waals surface area contributed by atoms with Crippen LogP contribution in [-0.2, 0) is 22.4 Å². The molecule has 1 atom stereocenters. The van der Waals surface area contributed by atoms with Crippen LogP contribution in [0.15, 0.2) is 40.8 Å². The van der Waals surface area contributed by atoms with Gasteiger partial charge in [-0.3, -0.25) is 0 Å². The maximum Gasteiger partial charge on any atom is 0.333 e. The van der Waals surface area contributed by atoms with Crippen LogP contribution in [0.25, 0.3) is 10.8 Å². The second-order valence-electron chi connectivity index (χ2n) is 6.66. The highest BCUT2D eigenvalue weighted by atomic mass is 32.1. The summed E-state index contributed by atoms with van der Waals surface area (Å²) in [7, 11) is 0. The van der Waals surface area contributed by atoms with Gasteiger partial charge in [0.25, 0.3) is 0 Å². The third-order valence-electron chi connectivity index (χ3n) is 4.44. The van der Waals surface area contributed by atoms with E-state index in [1.807, 2.05) is 37.3 Å². The molecule has 0 saturated heterocycles. The molecule has 29 heavy (non-hydrogen) atoms. The Labute approximate surface area is 174 Å². The highest BCUT2D eigenvalue weighted by molar-refractivity contribution is 7.15. The van der Waals surface area contributed by atoms with Crippen LogP contribution >= 0.6 is 11.3 Å². The van der Waals surface area contributed by atoms with Crippen LogP contribution in [-0.4, -0.2) is 35.4 Å². The second-order valence-corrected chi connectivity index (χ2v) is 7.95. The molecule has 0 unspecified atom stereocenters. The summed E-state index contributed by atoms with van der Waals surface area (Å²) in [6.45, 7) is 6.61. The summed E-state index contributed by atoms with van der Waals surface area (Å²) in [4.78, 5) is 18.0. The van der Waals surface area contributed by atoms with Gasteiger partial charge in [-0.2, -0.15) is 0 Å². The first-order valence-corrected chi connectivity index (χ1v) is 10.4. The number of carbonyl (C=O) groups is 1. The Balaban J connectivity index is 1.53. The second kappa shape index (κ2) is 9.71. The van der Waals surface area contributed by atoms with Crippen LogP contribution in [0, 0.1) is 13.8 Å². The molecule has 0 bridgehead atoms. The normalized spacial score (nSPS) is 12.1. The Hall–Kier alpha value is -2.64. The van der Waals surface area contributed by atoms with Crippen molar-refractivity contribution in [2.75, 3.05) is 13.2 Å². The minimum atomic E-state index is -0.952. The zero-order chi connectivity index (χ0) is 20.8. The van der Waals surface area contributed by atoms with E-state index in [1.54, 1.807) is 18.3 Å². The lowest BCUT2D eigenvalue weighted by atomic mass is 10.1. The quantitative estimate of drug-likeness (QED) is 0.518. The molecule has 2 aromatic heterocycles. The highest BCUT2D eigenvalue weighted by Gasteiger charge is 2.18. The summed E-state index contributed by atoms with van der Waals surface area (Å²) in [6.07, 6.45) is 0.141. The van der Waals surface area contributed by atoms with Gasteiger partial charge >= 0.3 is 5.97 Å². The van der Waals surface area contributed by atoms with Gasteiger partial charge in [-0.25, -0.2) is 9.78 Å². The molecular weight excluding hydrogens is 390 g/mol. The van der Waals surface area contributed by atoms with Gasteiger partial charge in [0, 0.05) is 24.3 Å².